The molecule has 1 aliphatic rings. The molecule has 0 aromatic carbocycles. The largest absolute Gasteiger partial charge is 0.315 e. The van der Waals surface area contributed by atoms with E-state index in [2.05, 4.69) is 28.2 Å². The summed E-state index contributed by atoms with van der Waals surface area (Å²) in [6, 6.07) is 0. The van der Waals surface area contributed by atoms with E-state index in [0.717, 1.165) is 0 Å². The highest BCUT2D eigenvalue weighted by atomic mass is 32.2. The second kappa shape index (κ2) is 8.89. The molecule has 14 heavy (non-hydrogen) atoms. The predicted molar refractivity (Wildman–Crippen MR) is 69.6 cm³/mol. The molecule has 0 amide bonds. The van der Waals surface area contributed by atoms with Crippen LogP contribution >= 0.6 is 23.5 Å². The summed E-state index contributed by atoms with van der Waals surface area (Å²) < 4.78 is 0. The van der Waals surface area contributed by atoms with Gasteiger partial charge in [-0.2, -0.15) is 23.5 Å². The lowest BCUT2D eigenvalue weighted by Crippen LogP contribution is -2.38. The van der Waals surface area contributed by atoms with Crippen molar-refractivity contribution < 1.29 is 0 Å². The smallest absolute Gasteiger partial charge is 0.0107 e. The van der Waals surface area contributed by atoms with Gasteiger partial charge in [-0.1, -0.05) is 0 Å². The molecular weight excluding hydrogens is 212 g/mol. The highest BCUT2D eigenvalue weighted by Gasteiger charge is 2.08. The minimum Gasteiger partial charge on any atom is -0.315 e. The molecule has 0 unspecified atom stereocenters. The lowest BCUT2D eigenvalue weighted by atomic mass is 10.4. The van der Waals surface area contributed by atoms with Crippen LogP contribution in [0.3, 0.4) is 0 Å². The topological polar surface area (TPSA) is 15.3 Å². The molecule has 0 aromatic rings. The zero-order chi connectivity index (χ0) is 10.1. The van der Waals surface area contributed by atoms with Crippen molar-refractivity contribution in [1.29, 1.82) is 0 Å². The van der Waals surface area contributed by atoms with Gasteiger partial charge in [0, 0.05) is 37.7 Å². The first-order valence-electron chi connectivity index (χ1n) is 5.43. The molecule has 1 rings (SSSR count). The van der Waals surface area contributed by atoms with Crippen molar-refractivity contribution in [1.82, 2.24) is 10.2 Å². The van der Waals surface area contributed by atoms with Gasteiger partial charge in [0.05, 0.1) is 0 Å². The van der Waals surface area contributed by atoms with Crippen LogP contribution in [0.25, 0.3) is 0 Å². The van der Waals surface area contributed by atoms with Gasteiger partial charge in [-0.25, -0.2) is 0 Å². The fraction of sp³-hybridized carbons (Fsp3) is 1.00. The van der Waals surface area contributed by atoms with Gasteiger partial charge in [0.15, 0.2) is 0 Å². The number of thioether (sulfide) groups is 2. The maximum absolute atomic E-state index is 3.51. The Hall–Kier alpha value is 0.620. The monoisotopic (exact) mass is 234 g/mol. The fourth-order valence-corrected chi connectivity index (χ4v) is 2.94. The summed E-state index contributed by atoms with van der Waals surface area (Å²) in [4.78, 5) is 2.57. The lowest BCUT2D eigenvalue weighted by Gasteiger charge is -2.26. The van der Waals surface area contributed by atoms with Crippen LogP contribution in [0.2, 0.25) is 0 Å². The van der Waals surface area contributed by atoms with Gasteiger partial charge in [0.2, 0.25) is 0 Å². The molecule has 0 saturated carbocycles. The molecule has 1 fully saturated rings. The Labute approximate surface area is 96.6 Å². The summed E-state index contributed by atoms with van der Waals surface area (Å²) >= 11 is 4.02. The summed E-state index contributed by atoms with van der Waals surface area (Å²) in [5.74, 6) is 3.94. The van der Waals surface area contributed by atoms with Crippen LogP contribution in [-0.4, -0.2) is 61.1 Å². The molecule has 84 valence electrons. The Morgan fingerprint density at radius 1 is 1.29 bits per heavy atom. The minimum absolute atomic E-state index is 1.17. The van der Waals surface area contributed by atoms with E-state index >= 15 is 0 Å². The highest BCUT2D eigenvalue weighted by Crippen LogP contribution is 2.07. The van der Waals surface area contributed by atoms with Crippen LogP contribution in [0, 0.1) is 0 Å². The van der Waals surface area contributed by atoms with Gasteiger partial charge >= 0.3 is 0 Å². The van der Waals surface area contributed by atoms with Crippen molar-refractivity contribution in [2.75, 3.05) is 56.2 Å². The van der Waals surface area contributed by atoms with Crippen molar-refractivity contribution in [2.45, 2.75) is 6.42 Å². The SMILES string of the molecule is CSCCCNCCN1CCSCC1. The first-order chi connectivity index (χ1) is 6.93. The Bertz CT molecular complexity index is 127. The van der Waals surface area contributed by atoms with Crippen LogP contribution in [0.15, 0.2) is 0 Å². The predicted octanol–water partition coefficient (Wildman–Crippen LogP) is 1.38. The zero-order valence-electron chi connectivity index (χ0n) is 9.13. The zero-order valence-corrected chi connectivity index (χ0v) is 10.8. The van der Waals surface area contributed by atoms with E-state index < -0.39 is 0 Å². The number of nitrogens with one attached hydrogen (secondary N) is 1. The molecule has 0 atom stereocenters. The Morgan fingerprint density at radius 3 is 2.79 bits per heavy atom. The molecule has 1 heterocycles. The molecule has 1 saturated heterocycles. The van der Waals surface area contributed by atoms with Gasteiger partial charge in [-0.15, -0.1) is 0 Å². The van der Waals surface area contributed by atoms with Crippen LogP contribution < -0.4 is 5.32 Å². The average Bonchev–Trinajstić information content (AvgIpc) is 2.25. The van der Waals surface area contributed by atoms with E-state index in [-0.39, 0.29) is 0 Å². The fourth-order valence-electron chi connectivity index (χ4n) is 1.53. The van der Waals surface area contributed by atoms with Gasteiger partial charge < -0.3 is 10.2 Å². The Kier molecular flexibility index (Phi) is 8.06. The van der Waals surface area contributed by atoms with Crippen LogP contribution in [0.1, 0.15) is 6.42 Å². The molecular formula is C10H22N2S2. The van der Waals surface area contributed by atoms with Gasteiger partial charge in [-0.3, -0.25) is 0 Å². The van der Waals surface area contributed by atoms with Crippen LogP contribution in [0.5, 0.6) is 0 Å². The third-order valence-electron chi connectivity index (χ3n) is 2.41. The molecule has 1 aliphatic heterocycles. The molecule has 0 aromatic heterocycles. The Morgan fingerprint density at radius 2 is 2.07 bits per heavy atom. The summed E-state index contributed by atoms with van der Waals surface area (Å²) in [6.07, 6.45) is 3.47. The van der Waals surface area contributed by atoms with Crippen LogP contribution in [-0.2, 0) is 0 Å². The van der Waals surface area contributed by atoms with Crippen molar-refractivity contribution in [3.05, 3.63) is 0 Å². The quantitative estimate of drug-likeness (QED) is 0.669. The summed E-state index contributed by atoms with van der Waals surface area (Å²) in [7, 11) is 0. The van der Waals surface area contributed by atoms with Crippen molar-refractivity contribution >= 4 is 23.5 Å². The molecule has 4 heteroatoms. The molecule has 1 N–H and O–H groups in total. The number of rotatable bonds is 7. The molecule has 0 spiro atoms. The number of hydrogen-bond donors (Lipinski definition) is 1. The van der Waals surface area contributed by atoms with E-state index in [9.17, 15) is 0 Å². The molecule has 0 radical (unpaired) electrons. The highest BCUT2D eigenvalue weighted by molar-refractivity contribution is 7.99. The minimum atomic E-state index is 1.17. The van der Waals surface area contributed by atoms with E-state index in [0.29, 0.717) is 0 Å². The summed E-state index contributed by atoms with van der Waals surface area (Å²) in [5.41, 5.74) is 0. The van der Waals surface area contributed by atoms with Crippen LogP contribution in [0.4, 0.5) is 0 Å². The van der Waals surface area contributed by atoms with Crippen molar-refractivity contribution in [3.63, 3.8) is 0 Å². The average molecular weight is 234 g/mol. The molecule has 0 aliphatic carbocycles. The van der Waals surface area contributed by atoms with Crippen molar-refractivity contribution in [2.24, 2.45) is 0 Å². The van der Waals surface area contributed by atoms with E-state index in [1.54, 1.807) is 0 Å². The summed E-state index contributed by atoms with van der Waals surface area (Å²) in [5, 5.41) is 3.51. The van der Waals surface area contributed by atoms with Crippen molar-refractivity contribution in [3.8, 4) is 0 Å². The molecule has 2 nitrogen and oxygen atoms in total. The normalized spacial score (nSPS) is 18.6. The second-order valence-corrected chi connectivity index (χ2v) is 5.76. The number of hydrogen-bond acceptors (Lipinski definition) is 4. The lowest BCUT2D eigenvalue weighted by molar-refractivity contribution is 0.301. The second-order valence-electron chi connectivity index (χ2n) is 3.55. The van der Waals surface area contributed by atoms with Gasteiger partial charge in [0.1, 0.15) is 0 Å². The first kappa shape index (κ1) is 12.7. The van der Waals surface area contributed by atoms with Gasteiger partial charge in [-0.05, 0) is 25.0 Å². The molecule has 0 bridgehead atoms. The first-order valence-corrected chi connectivity index (χ1v) is 7.98. The Balaban J connectivity index is 1.82. The third kappa shape index (κ3) is 6.17. The standard InChI is InChI=1S/C10H22N2S2/c1-13-8-2-3-11-4-5-12-6-9-14-10-7-12/h11H,2-10H2,1H3. The van der Waals surface area contributed by atoms with Gasteiger partial charge in [0.25, 0.3) is 0 Å². The van der Waals surface area contributed by atoms with E-state index in [1.165, 1.54) is 56.4 Å². The maximum atomic E-state index is 3.51. The summed E-state index contributed by atoms with van der Waals surface area (Å²) in [6.45, 7) is 6.16. The third-order valence-corrected chi connectivity index (χ3v) is 4.05. The van der Waals surface area contributed by atoms with E-state index in [1.807, 2.05) is 11.8 Å². The maximum Gasteiger partial charge on any atom is 0.0107 e. The number of nitrogens with zero attached hydrogens (tertiary/aromatic N) is 1. The van der Waals surface area contributed by atoms with E-state index in [4.69, 9.17) is 0 Å².